The van der Waals surface area contributed by atoms with E-state index in [4.69, 9.17) is 58.8 Å². The van der Waals surface area contributed by atoms with Crippen LogP contribution in [-0.4, -0.2) is 232 Å². The van der Waals surface area contributed by atoms with Crippen molar-refractivity contribution in [3.05, 3.63) is 195 Å². The molecule has 34 heteroatoms. The van der Waals surface area contributed by atoms with Crippen molar-refractivity contribution in [3.63, 3.8) is 0 Å². The summed E-state index contributed by atoms with van der Waals surface area (Å²) in [5.41, 5.74) is 15.8. The number of hydrogen-bond acceptors (Lipinski definition) is 26. The van der Waals surface area contributed by atoms with Crippen molar-refractivity contribution in [2.45, 2.75) is 75.5 Å². The average molecular weight is 1680 g/mol. The highest BCUT2D eigenvalue weighted by Gasteiger charge is 2.30. The van der Waals surface area contributed by atoms with Crippen LogP contribution in [0.1, 0.15) is 39.1 Å². The first-order chi connectivity index (χ1) is 59.0. The second-order valence-electron chi connectivity index (χ2n) is 30.8. The van der Waals surface area contributed by atoms with Crippen LogP contribution in [-0.2, 0) is 52.7 Å². The van der Waals surface area contributed by atoms with Crippen molar-refractivity contribution in [1.82, 2.24) is 99.3 Å². The molecule has 4 aliphatic rings. The van der Waals surface area contributed by atoms with Crippen LogP contribution in [0.15, 0.2) is 193 Å². The molecule has 0 aliphatic carbocycles. The molecule has 4 atom stereocenters. The lowest BCUT2D eigenvalue weighted by Gasteiger charge is -2.34. The van der Waals surface area contributed by atoms with E-state index in [2.05, 4.69) is 109 Å². The Kier molecular flexibility index (Phi) is 23.0. The van der Waals surface area contributed by atoms with Gasteiger partial charge in [0, 0.05) is 193 Å². The molecule has 0 radical (unpaired) electrons. The van der Waals surface area contributed by atoms with Gasteiger partial charge < -0.3 is 58.5 Å². The van der Waals surface area contributed by atoms with E-state index in [1.165, 1.54) is 12.5 Å². The summed E-state index contributed by atoms with van der Waals surface area (Å²) >= 11 is 0. The zero-order chi connectivity index (χ0) is 84.5. The molecule has 18 heterocycles. The third kappa shape index (κ3) is 17.2. The minimum atomic E-state index is -3.28. The first-order valence-corrected chi connectivity index (χ1v) is 44.0. The standard InChI is InChI=1S/2C23H23N5O3S.2C21H23N7O/c1-15-14-31-12-11-28(15)21-13-20(18-7-9-24-23-19(18)8-10-25-23)26-22(27-21)16-3-5-17(6-4-16)32(2,29)30;1-15-14-31-12-11-28(15)21-13-20(16-3-5-17(6-4-16)32(2,29)30)26-23(27-21)19-8-10-25-22-18(19)7-9-24-22;1-13-12-29-9-8-28(13)19-10-18(15-4-6-22-20-16(15)5-7-23-20)24-21(25-19)17-11-27(3)26-14(17)2;1-13-12-29-9-8-28(13)19-10-18(15-4-6-22-20-16(15)5-7-23-20)25-21(26-19)17-11-24-27(3)14(17)2/h2*3-10,13,15H,11-12,14H2,1-2H3,(H,24,25);2*4-7,10-11,13H,8-9,12H2,1-3H3,(H,22,23)/t2*15-;2*13-/m1111/s1. The molecule has 0 bridgehead atoms. The predicted molar refractivity (Wildman–Crippen MR) is 470 cm³/mol. The maximum atomic E-state index is 11.9. The van der Waals surface area contributed by atoms with Gasteiger partial charge in [-0.3, -0.25) is 9.36 Å². The van der Waals surface area contributed by atoms with Crippen molar-refractivity contribution in [2.75, 3.05) is 111 Å². The van der Waals surface area contributed by atoms with Crippen molar-refractivity contribution in [2.24, 2.45) is 14.1 Å². The Hall–Kier alpha value is -13.1. The number of H-pyrrole nitrogens is 4. The van der Waals surface area contributed by atoms with Gasteiger partial charge in [-0.15, -0.1) is 0 Å². The van der Waals surface area contributed by atoms with Crippen molar-refractivity contribution < 1.29 is 35.8 Å². The number of sulfone groups is 2. The Morgan fingerprint density at radius 3 is 1.06 bits per heavy atom. The summed E-state index contributed by atoms with van der Waals surface area (Å²) in [7, 11) is -2.70. The van der Waals surface area contributed by atoms with Gasteiger partial charge in [0.15, 0.2) is 43.0 Å². The molecule has 4 fully saturated rings. The van der Waals surface area contributed by atoms with Crippen molar-refractivity contribution in [1.29, 1.82) is 0 Å². The van der Waals surface area contributed by atoms with E-state index in [0.29, 0.717) is 76.2 Å². The molecule has 20 rings (SSSR count). The number of anilines is 4. The van der Waals surface area contributed by atoms with Crippen LogP contribution >= 0.6 is 0 Å². The van der Waals surface area contributed by atoms with E-state index in [1.54, 1.807) is 65.6 Å². The van der Waals surface area contributed by atoms with Gasteiger partial charge >= 0.3 is 0 Å². The fraction of sp³-hybridized carbons (Fsp3) is 0.295. The molecule has 4 saturated heterocycles. The fourth-order valence-corrected chi connectivity index (χ4v) is 16.9. The van der Waals surface area contributed by atoms with Gasteiger partial charge in [-0.05, 0) is 126 Å². The maximum absolute atomic E-state index is 11.9. The number of morpholine rings is 4. The zero-order valence-electron chi connectivity index (χ0n) is 69.1. The Morgan fingerprint density at radius 2 is 0.705 bits per heavy atom. The number of benzene rings is 2. The van der Waals surface area contributed by atoms with Gasteiger partial charge in [0.1, 0.15) is 45.9 Å². The lowest BCUT2D eigenvalue weighted by atomic mass is 10.1. The maximum Gasteiger partial charge on any atom is 0.175 e. The molecular weight excluding hydrogens is 1590 g/mol. The van der Waals surface area contributed by atoms with Crippen LogP contribution in [0.25, 0.3) is 135 Å². The summed E-state index contributed by atoms with van der Waals surface area (Å²) in [6.07, 6.45) is 20.8. The Bertz CT molecular complexity index is 6370. The van der Waals surface area contributed by atoms with E-state index in [1.807, 2.05) is 143 Å². The van der Waals surface area contributed by atoms with Crippen LogP contribution in [0.4, 0.5) is 23.3 Å². The number of fused-ring (bicyclic) bond motifs is 4. The molecule has 4 N–H and O–H groups in total. The van der Waals surface area contributed by atoms with Crippen LogP contribution < -0.4 is 19.6 Å². The van der Waals surface area contributed by atoms with Gasteiger partial charge in [0.05, 0.1) is 133 Å². The molecule has 2 aromatic carbocycles. The van der Waals surface area contributed by atoms with E-state index < -0.39 is 19.7 Å². The Morgan fingerprint density at radius 1 is 0.377 bits per heavy atom. The largest absolute Gasteiger partial charge is 0.377 e. The Labute approximate surface area is 704 Å². The second-order valence-corrected chi connectivity index (χ2v) is 34.8. The number of aromatic amines is 4. The number of ether oxygens (including phenoxy) is 4. The molecule has 32 nitrogen and oxygen atoms in total. The van der Waals surface area contributed by atoms with Crippen LogP contribution in [0.3, 0.4) is 0 Å². The molecule has 0 saturated carbocycles. The van der Waals surface area contributed by atoms with Gasteiger partial charge in [0.2, 0.25) is 0 Å². The number of aryl methyl sites for hydroxylation is 3. The number of aromatic nitrogens is 20. The fourth-order valence-electron chi connectivity index (χ4n) is 15.6. The number of pyridine rings is 4. The molecule has 16 aromatic rings. The predicted octanol–water partition coefficient (Wildman–Crippen LogP) is 12.5. The number of hydrogen-bond donors (Lipinski definition) is 4. The van der Waals surface area contributed by atoms with Gasteiger partial charge in [-0.1, -0.05) is 12.1 Å². The summed E-state index contributed by atoms with van der Waals surface area (Å²) in [5, 5.41) is 12.9. The molecule has 122 heavy (non-hydrogen) atoms. The van der Waals surface area contributed by atoms with E-state index in [9.17, 15) is 16.8 Å². The topological polar surface area (TPSA) is 372 Å². The normalized spacial score (nSPS) is 17.1. The lowest BCUT2D eigenvalue weighted by Crippen LogP contribution is -2.44. The summed E-state index contributed by atoms with van der Waals surface area (Å²) in [6.45, 7) is 21.0. The first kappa shape index (κ1) is 81.3. The summed E-state index contributed by atoms with van der Waals surface area (Å²) < 4.78 is 73.5. The highest BCUT2D eigenvalue weighted by atomic mass is 32.2. The van der Waals surface area contributed by atoms with Gasteiger partial charge in [0.25, 0.3) is 0 Å². The van der Waals surface area contributed by atoms with Crippen molar-refractivity contribution >= 4 is 87.1 Å². The second kappa shape index (κ2) is 34.5. The van der Waals surface area contributed by atoms with Crippen LogP contribution in [0.2, 0.25) is 0 Å². The molecule has 0 amide bonds. The quantitative estimate of drug-likeness (QED) is 0.0785. The Balaban J connectivity index is 0.000000116. The molecule has 0 spiro atoms. The van der Waals surface area contributed by atoms with Crippen LogP contribution in [0, 0.1) is 13.8 Å². The van der Waals surface area contributed by atoms with Crippen molar-refractivity contribution in [3.8, 4) is 90.6 Å². The molecule has 0 unspecified atom stereocenters. The third-order valence-electron chi connectivity index (χ3n) is 22.3. The minimum Gasteiger partial charge on any atom is -0.377 e. The zero-order valence-corrected chi connectivity index (χ0v) is 70.8. The molecule has 14 aromatic heterocycles. The summed E-state index contributed by atoms with van der Waals surface area (Å²) in [5.74, 6) is 5.94. The van der Waals surface area contributed by atoms with E-state index in [0.717, 1.165) is 172 Å². The summed E-state index contributed by atoms with van der Waals surface area (Å²) in [6, 6.07) is 38.3. The highest BCUT2D eigenvalue weighted by molar-refractivity contribution is 7.91. The van der Waals surface area contributed by atoms with E-state index >= 15 is 0 Å². The van der Waals surface area contributed by atoms with Crippen LogP contribution in [0.5, 0.6) is 0 Å². The average Bonchev–Trinajstić information content (AvgIpc) is 1.50. The molecule has 624 valence electrons. The highest BCUT2D eigenvalue weighted by Crippen LogP contribution is 2.38. The summed E-state index contributed by atoms with van der Waals surface area (Å²) in [4.78, 5) is 79.0. The van der Waals surface area contributed by atoms with Gasteiger partial charge in [-0.25, -0.2) is 76.6 Å². The smallest absolute Gasteiger partial charge is 0.175 e. The molecule has 4 aliphatic heterocycles. The van der Waals surface area contributed by atoms with E-state index in [-0.39, 0.29) is 34.0 Å². The molecular formula is C88H92N24O8S2. The number of nitrogens with zero attached hydrogens (tertiary/aromatic N) is 20. The number of rotatable bonds is 14. The third-order valence-corrected chi connectivity index (χ3v) is 24.5. The lowest BCUT2D eigenvalue weighted by molar-refractivity contribution is 0.0985. The number of nitrogens with one attached hydrogen (secondary N) is 4. The van der Waals surface area contributed by atoms with Gasteiger partial charge in [-0.2, -0.15) is 10.2 Å². The SMILES string of the molecule is C[C@@H]1COCCN1c1cc(-c2ccc(S(C)(=O)=O)cc2)nc(-c2ccnc3[nH]ccc23)n1.C[C@@H]1COCCN1c1cc(-c2ccnc3[nH]ccc23)nc(-c2ccc(S(C)(=O)=O)cc2)n1.Cc1c(-c2nc(-c3ccnc4[nH]ccc34)cc(N3CCOC[C@H]3C)n2)cnn1C.Cc1nn(C)cc1-c1nc(-c2ccnc3[nH]ccc23)cc(N2CCOC[C@H]2C)n1. The minimum absolute atomic E-state index is 0.177. The first-order valence-electron chi connectivity index (χ1n) is 40.3. The monoisotopic (exact) mass is 1680 g/mol.